The van der Waals surface area contributed by atoms with Gasteiger partial charge in [-0.2, -0.15) is 4.39 Å². The summed E-state index contributed by atoms with van der Waals surface area (Å²) in [5, 5.41) is 0. The summed E-state index contributed by atoms with van der Waals surface area (Å²) >= 11 is 3.02. The van der Waals surface area contributed by atoms with Crippen molar-refractivity contribution >= 4 is 15.9 Å². The monoisotopic (exact) mass is 358 g/mol. The van der Waals surface area contributed by atoms with Crippen LogP contribution >= 0.6 is 15.9 Å². The Morgan fingerprint density at radius 3 is 2.48 bits per heavy atom. The van der Waals surface area contributed by atoms with Crippen LogP contribution in [0.3, 0.4) is 0 Å². The molecular formula is C16H14BrF3O. The van der Waals surface area contributed by atoms with Crippen molar-refractivity contribution in [1.29, 1.82) is 0 Å². The minimum Gasteiger partial charge on any atom is -0.490 e. The van der Waals surface area contributed by atoms with Crippen LogP contribution < -0.4 is 4.74 Å². The molecule has 1 nitrogen and oxygen atoms in total. The Hall–Kier alpha value is -1.49. The summed E-state index contributed by atoms with van der Waals surface area (Å²) in [5.41, 5.74) is 0.272. The lowest BCUT2D eigenvalue weighted by molar-refractivity contribution is 0.289. The fourth-order valence-corrected chi connectivity index (χ4v) is 2.10. The first kappa shape index (κ1) is 15.9. The predicted molar refractivity (Wildman–Crippen MR) is 79.9 cm³/mol. The molecule has 5 heteroatoms. The molecule has 21 heavy (non-hydrogen) atoms. The van der Waals surface area contributed by atoms with Crippen LogP contribution in [0.15, 0.2) is 34.8 Å². The molecule has 0 aliphatic rings. The Labute approximate surface area is 129 Å². The summed E-state index contributed by atoms with van der Waals surface area (Å²) < 4.78 is 47.0. The molecule has 0 amide bonds. The van der Waals surface area contributed by atoms with Gasteiger partial charge in [0.2, 0.25) is 5.82 Å². The largest absolute Gasteiger partial charge is 0.490 e. The molecule has 0 N–H and O–H groups in total. The maximum Gasteiger partial charge on any atom is 0.201 e. The lowest BCUT2D eigenvalue weighted by atomic mass is 10.0. The van der Waals surface area contributed by atoms with Gasteiger partial charge in [-0.05, 0) is 52.2 Å². The van der Waals surface area contributed by atoms with Crippen molar-refractivity contribution in [3.8, 4) is 16.9 Å². The van der Waals surface area contributed by atoms with Crippen molar-refractivity contribution < 1.29 is 17.9 Å². The fraction of sp³-hybridized carbons (Fsp3) is 0.250. The second kappa shape index (κ2) is 6.98. The van der Waals surface area contributed by atoms with Crippen LogP contribution in [0.25, 0.3) is 11.1 Å². The lowest BCUT2D eigenvalue weighted by Crippen LogP contribution is -2.01. The summed E-state index contributed by atoms with van der Waals surface area (Å²) in [7, 11) is 0. The molecule has 2 rings (SSSR count). The third kappa shape index (κ3) is 3.59. The number of ether oxygens (including phenoxy) is 1. The van der Waals surface area contributed by atoms with Crippen LogP contribution in [0, 0.1) is 17.5 Å². The zero-order valence-corrected chi connectivity index (χ0v) is 13.0. The summed E-state index contributed by atoms with van der Waals surface area (Å²) in [5.74, 6) is -2.74. The minimum absolute atomic E-state index is 0.00161. The van der Waals surface area contributed by atoms with Crippen LogP contribution in [0.1, 0.15) is 19.8 Å². The van der Waals surface area contributed by atoms with Crippen molar-refractivity contribution in [2.24, 2.45) is 0 Å². The van der Waals surface area contributed by atoms with Gasteiger partial charge in [0.1, 0.15) is 5.82 Å². The summed E-state index contributed by atoms with van der Waals surface area (Å²) in [4.78, 5) is 0. The zero-order valence-electron chi connectivity index (χ0n) is 11.4. The zero-order chi connectivity index (χ0) is 15.4. The molecule has 0 radical (unpaired) electrons. The Balaban J connectivity index is 2.33. The van der Waals surface area contributed by atoms with Gasteiger partial charge in [-0.15, -0.1) is 0 Å². The smallest absolute Gasteiger partial charge is 0.201 e. The number of benzene rings is 2. The van der Waals surface area contributed by atoms with Crippen LogP contribution in [0.2, 0.25) is 0 Å². The summed E-state index contributed by atoms with van der Waals surface area (Å²) in [6.45, 7) is 2.31. The van der Waals surface area contributed by atoms with Crippen LogP contribution in [0.5, 0.6) is 5.75 Å². The van der Waals surface area contributed by atoms with Crippen molar-refractivity contribution in [2.75, 3.05) is 6.61 Å². The number of rotatable bonds is 5. The lowest BCUT2D eigenvalue weighted by Gasteiger charge is -2.10. The van der Waals surface area contributed by atoms with E-state index < -0.39 is 17.5 Å². The number of halogens is 4. The van der Waals surface area contributed by atoms with Crippen molar-refractivity contribution in [1.82, 2.24) is 0 Å². The highest BCUT2D eigenvalue weighted by molar-refractivity contribution is 9.10. The van der Waals surface area contributed by atoms with E-state index in [1.165, 1.54) is 24.3 Å². The third-order valence-corrected chi connectivity index (χ3v) is 3.68. The average molecular weight is 359 g/mol. The van der Waals surface area contributed by atoms with E-state index >= 15 is 0 Å². The van der Waals surface area contributed by atoms with Crippen molar-refractivity contribution in [3.05, 3.63) is 52.3 Å². The van der Waals surface area contributed by atoms with Gasteiger partial charge in [0.25, 0.3) is 0 Å². The van der Waals surface area contributed by atoms with Gasteiger partial charge in [0.15, 0.2) is 11.6 Å². The first-order valence-electron chi connectivity index (χ1n) is 6.60. The van der Waals surface area contributed by atoms with Crippen LogP contribution in [-0.4, -0.2) is 6.61 Å². The van der Waals surface area contributed by atoms with Gasteiger partial charge in [-0.3, -0.25) is 0 Å². The second-order valence-corrected chi connectivity index (χ2v) is 5.42. The van der Waals surface area contributed by atoms with Gasteiger partial charge in [-0.25, -0.2) is 8.78 Å². The molecule has 0 atom stereocenters. The molecule has 0 aliphatic heterocycles. The van der Waals surface area contributed by atoms with E-state index in [9.17, 15) is 13.2 Å². The van der Waals surface area contributed by atoms with Gasteiger partial charge < -0.3 is 4.74 Å². The molecule has 0 spiro atoms. The molecular weight excluding hydrogens is 345 g/mol. The molecule has 2 aromatic carbocycles. The maximum atomic E-state index is 14.1. The maximum absolute atomic E-state index is 14.1. The quantitative estimate of drug-likeness (QED) is 0.621. The van der Waals surface area contributed by atoms with E-state index in [0.717, 1.165) is 18.9 Å². The van der Waals surface area contributed by atoms with Gasteiger partial charge in [0, 0.05) is 5.56 Å². The highest BCUT2D eigenvalue weighted by Gasteiger charge is 2.16. The van der Waals surface area contributed by atoms with E-state index in [-0.39, 0.29) is 21.3 Å². The predicted octanol–water partition coefficient (Wildman–Crippen LogP) is 5.71. The SMILES string of the molecule is CCCCOc1ccc(-c2ccc(Br)c(F)c2)c(F)c1F. The topological polar surface area (TPSA) is 9.23 Å². The molecule has 0 aromatic heterocycles. The molecule has 0 fully saturated rings. The van der Waals surface area contributed by atoms with Crippen LogP contribution in [-0.2, 0) is 0 Å². The van der Waals surface area contributed by atoms with Crippen molar-refractivity contribution in [3.63, 3.8) is 0 Å². The molecule has 0 unspecified atom stereocenters. The van der Waals surface area contributed by atoms with E-state index in [2.05, 4.69) is 15.9 Å². The number of hydrogen-bond donors (Lipinski definition) is 0. The van der Waals surface area contributed by atoms with E-state index in [4.69, 9.17) is 4.74 Å². The van der Waals surface area contributed by atoms with E-state index in [0.29, 0.717) is 6.61 Å². The number of hydrogen-bond acceptors (Lipinski definition) is 1. The highest BCUT2D eigenvalue weighted by Crippen LogP contribution is 2.31. The Bertz CT molecular complexity index is 644. The molecule has 0 saturated carbocycles. The van der Waals surface area contributed by atoms with E-state index in [1.807, 2.05) is 6.92 Å². The second-order valence-electron chi connectivity index (χ2n) is 4.57. The fourth-order valence-electron chi connectivity index (χ4n) is 1.86. The summed E-state index contributed by atoms with van der Waals surface area (Å²) in [6, 6.07) is 6.88. The molecule has 0 aliphatic carbocycles. The molecule has 0 saturated heterocycles. The normalized spacial score (nSPS) is 10.7. The molecule has 2 aromatic rings. The Morgan fingerprint density at radius 2 is 1.81 bits per heavy atom. The van der Waals surface area contributed by atoms with Crippen LogP contribution in [0.4, 0.5) is 13.2 Å². The average Bonchev–Trinajstić information content (AvgIpc) is 2.47. The van der Waals surface area contributed by atoms with Crippen molar-refractivity contribution in [2.45, 2.75) is 19.8 Å². The molecule has 0 bridgehead atoms. The molecule has 112 valence electrons. The van der Waals surface area contributed by atoms with Gasteiger partial charge >= 0.3 is 0 Å². The Kier molecular flexibility index (Phi) is 5.28. The molecule has 0 heterocycles. The first-order chi connectivity index (χ1) is 10.0. The number of unbranched alkanes of at least 4 members (excludes halogenated alkanes) is 1. The third-order valence-electron chi connectivity index (χ3n) is 3.03. The standard InChI is InChI=1S/C16H14BrF3O/c1-2-3-8-21-14-7-5-11(15(19)16(14)20)10-4-6-12(17)13(18)9-10/h4-7,9H,2-3,8H2,1H3. The highest BCUT2D eigenvalue weighted by atomic mass is 79.9. The first-order valence-corrected chi connectivity index (χ1v) is 7.40. The minimum atomic E-state index is -1.05. The van der Waals surface area contributed by atoms with Gasteiger partial charge in [-0.1, -0.05) is 19.4 Å². The van der Waals surface area contributed by atoms with E-state index in [1.54, 1.807) is 0 Å². The van der Waals surface area contributed by atoms with Gasteiger partial charge in [0.05, 0.1) is 11.1 Å². The Morgan fingerprint density at radius 1 is 1.05 bits per heavy atom. The summed E-state index contributed by atoms with van der Waals surface area (Å²) in [6.07, 6.45) is 1.67.